The number of hydrogen-bond donors (Lipinski definition) is 2. The molecule has 0 aliphatic heterocycles. The first-order valence-corrected chi connectivity index (χ1v) is 8.21. The molecule has 152 valence electrons. The summed E-state index contributed by atoms with van der Waals surface area (Å²) < 4.78 is 39.7. The molecule has 0 aliphatic rings. The molecule has 0 fully saturated rings. The van der Waals surface area contributed by atoms with E-state index in [2.05, 4.69) is 5.32 Å². The van der Waals surface area contributed by atoms with E-state index >= 15 is 0 Å². The summed E-state index contributed by atoms with van der Waals surface area (Å²) in [6, 6.07) is 11.3. The minimum atomic E-state index is -4.55. The van der Waals surface area contributed by atoms with Crippen LogP contribution in [0.1, 0.15) is 29.2 Å². The molecule has 0 aliphatic carbocycles. The van der Waals surface area contributed by atoms with Gasteiger partial charge in [0.25, 0.3) is 0 Å². The number of aryl methyl sites for hydroxylation is 2. The van der Waals surface area contributed by atoms with E-state index < -0.39 is 17.6 Å². The summed E-state index contributed by atoms with van der Waals surface area (Å²) in [5.41, 5.74) is 1.22. The zero-order valence-corrected chi connectivity index (χ0v) is 15.9. The van der Waals surface area contributed by atoms with Gasteiger partial charge in [0.15, 0.2) is 0 Å². The first-order chi connectivity index (χ1) is 12.7. The van der Waals surface area contributed by atoms with E-state index in [4.69, 9.17) is 5.84 Å². The Morgan fingerprint density at radius 1 is 1.07 bits per heavy atom. The second-order valence-corrected chi connectivity index (χ2v) is 6.15. The Labute approximate surface area is 167 Å². The Bertz CT molecular complexity index is 811. The quantitative estimate of drug-likeness (QED) is 0.313. The summed E-state index contributed by atoms with van der Waals surface area (Å²) in [6.07, 6.45) is -3.06. The molecule has 0 heterocycles. The molecule has 3 N–H and O–H groups in total. The lowest BCUT2D eigenvalue weighted by Crippen LogP contribution is -2.28. The fraction of sp³-hybridized carbons (Fsp3) is 0.263. The number of halogens is 4. The highest BCUT2D eigenvalue weighted by atomic mass is 35.5. The average molecular weight is 416 g/mol. The van der Waals surface area contributed by atoms with Gasteiger partial charge in [-0.3, -0.25) is 14.6 Å². The SMILES string of the molecule is CC(=O)Nc1ccc(CCc2ccc(CN(N)C=O)cc2)cc1C(F)(F)F.Cl. The smallest absolute Gasteiger partial charge is 0.326 e. The lowest BCUT2D eigenvalue weighted by Gasteiger charge is -2.15. The number of nitrogens with zero attached hydrogens (tertiary/aromatic N) is 1. The zero-order valence-electron chi connectivity index (χ0n) is 15.1. The Hall–Kier alpha value is -2.58. The van der Waals surface area contributed by atoms with Crippen molar-refractivity contribution >= 4 is 30.4 Å². The van der Waals surface area contributed by atoms with E-state index in [1.54, 1.807) is 6.07 Å². The van der Waals surface area contributed by atoms with Crippen LogP contribution in [0, 0.1) is 0 Å². The summed E-state index contributed by atoms with van der Waals surface area (Å²) in [6.45, 7) is 1.44. The maximum atomic E-state index is 13.2. The van der Waals surface area contributed by atoms with Gasteiger partial charge in [0, 0.05) is 6.92 Å². The van der Waals surface area contributed by atoms with Crippen LogP contribution in [0.5, 0.6) is 0 Å². The Morgan fingerprint density at radius 2 is 1.61 bits per heavy atom. The van der Waals surface area contributed by atoms with Crippen molar-refractivity contribution in [1.29, 1.82) is 0 Å². The van der Waals surface area contributed by atoms with Crippen LogP contribution < -0.4 is 11.2 Å². The van der Waals surface area contributed by atoms with Gasteiger partial charge in [-0.1, -0.05) is 30.3 Å². The molecule has 9 heteroatoms. The molecule has 0 saturated carbocycles. The van der Waals surface area contributed by atoms with Gasteiger partial charge in [-0.2, -0.15) is 13.2 Å². The molecule has 0 spiro atoms. The topological polar surface area (TPSA) is 75.4 Å². The molecule has 0 radical (unpaired) electrons. The number of rotatable bonds is 7. The largest absolute Gasteiger partial charge is 0.418 e. The van der Waals surface area contributed by atoms with E-state index in [1.807, 2.05) is 24.3 Å². The Morgan fingerprint density at radius 3 is 2.14 bits per heavy atom. The molecule has 2 amide bonds. The van der Waals surface area contributed by atoms with Crippen molar-refractivity contribution in [2.75, 3.05) is 5.32 Å². The number of amides is 2. The van der Waals surface area contributed by atoms with Gasteiger partial charge in [-0.15, -0.1) is 12.4 Å². The van der Waals surface area contributed by atoms with Crippen molar-refractivity contribution in [3.8, 4) is 0 Å². The Kier molecular flexibility index (Phi) is 8.46. The van der Waals surface area contributed by atoms with Crippen molar-refractivity contribution in [3.63, 3.8) is 0 Å². The second-order valence-electron chi connectivity index (χ2n) is 6.15. The lowest BCUT2D eigenvalue weighted by molar-refractivity contribution is -0.137. The van der Waals surface area contributed by atoms with Crippen molar-refractivity contribution < 1.29 is 22.8 Å². The van der Waals surface area contributed by atoms with Crippen LogP contribution in [0.25, 0.3) is 0 Å². The number of alkyl halides is 3. The van der Waals surface area contributed by atoms with Gasteiger partial charge in [-0.25, -0.2) is 5.84 Å². The third kappa shape index (κ3) is 6.86. The molecule has 2 aromatic rings. The monoisotopic (exact) mass is 415 g/mol. The predicted molar refractivity (Wildman–Crippen MR) is 103 cm³/mol. The van der Waals surface area contributed by atoms with Crippen molar-refractivity contribution in [3.05, 3.63) is 64.7 Å². The van der Waals surface area contributed by atoms with Gasteiger partial charge in [0.1, 0.15) is 0 Å². The number of nitrogens with one attached hydrogen (secondary N) is 1. The number of benzene rings is 2. The molecule has 2 aromatic carbocycles. The first kappa shape index (κ1) is 23.5. The van der Waals surface area contributed by atoms with E-state index in [-0.39, 0.29) is 24.6 Å². The van der Waals surface area contributed by atoms with E-state index in [0.717, 1.165) is 29.1 Å². The molecular weight excluding hydrogens is 395 g/mol. The van der Waals surface area contributed by atoms with Crippen molar-refractivity contribution in [2.24, 2.45) is 5.84 Å². The molecular formula is C19H21ClF3N3O2. The molecule has 5 nitrogen and oxygen atoms in total. The summed E-state index contributed by atoms with van der Waals surface area (Å²) in [7, 11) is 0. The minimum absolute atomic E-state index is 0. The summed E-state index contributed by atoms with van der Waals surface area (Å²) >= 11 is 0. The van der Waals surface area contributed by atoms with Gasteiger partial charge in [-0.05, 0) is 41.7 Å². The Balaban J connectivity index is 0.00000392. The minimum Gasteiger partial charge on any atom is -0.326 e. The molecule has 0 unspecified atom stereocenters. The second kappa shape index (κ2) is 10.1. The first-order valence-electron chi connectivity index (χ1n) is 8.21. The summed E-state index contributed by atoms with van der Waals surface area (Å²) in [4.78, 5) is 21.6. The molecule has 28 heavy (non-hydrogen) atoms. The van der Waals surface area contributed by atoms with Crippen LogP contribution in [0.15, 0.2) is 42.5 Å². The van der Waals surface area contributed by atoms with E-state index in [1.165, 1.54) is 6.07 Å². The summed E-state index contributed by atoms with van der Waals surface area (Å²) in [5.74, 6) is 4.86. The third-order valence-electron chi connectivity index (χ3n) is 3.93. The fourth-order valence-corrected chi connectivity index (χ4v) is 2.63. The molecule has 0 bridgehead atoms. The van der Waals surface area contributed by atoms with E-state index in [9.17, 15) is 22.8 Å². The number of hydrogen-bond acceptors (Lipinski definition) is 3. The van der Waals surface area contributed by atoms with Crippen LogP contribution in [0.4, 0.5) is 18.9 Å². The highest BCUT2D eigenvalue weighted by Gasteiger charge is 2.34. The van der Waals surface area contributed by atoms with Crippen LogP contribution >= 0.6 is 12.4 Å². The predicted octanol–water partition coefficient (Wildman–Crippen LogP) is 3.70. The zero-order chi connectivity index (χ0) is 20.0. The third-order valence-corrected chi connectivity index (χ3v) is 3.93. The van der Waals surface area contributed by atoms with E-state index in [0.29, 0.717) is 24.8 Å². The highest BCUT2D eigenvalue weighted by molar-refractivity contribution is 5.89. The maximum Gasteiger partial charge on any atom is 0.418 e. The number of hydrazine groups is 1. The van der Waals surface area contributed by atoms with Gasteiger partial charge in [0.2, 0.25) is 12.3 Å². The normalized spacial score (nSPS) is 10.8. The maximum absolute atomic E-state index is 13.2. The van der Waals surface area contributed by atoms with Crippen LogP contribution in [-0.4, -0.2) is 17.3 Å². The molecule has 2 rings (SSSR count). The van der Waals surface area contributed by atoms with Crippen molar-refractivity contribution in [2.45, 2.75) is 32.5 Å². The van der Waals surface area contributed by atoms with Crippen LogP contribution in [0.3, 0.4) is 0 Å². The molecule has 0 aromatic heterocycles. The number of nitrogens with two attached hydrogens (primary N) is 1. The molecule has 0 saturated heterocycles. The van der Waals surface area contributed by atoms with Gasteiger partial charge >= 0.3 is 6.18 Å². The number of carbonyl (C=O) groups excluding carboxylic acids is 2. The van der Waals surface area contributed by atoms with Crippen LogP contribution in [0.2, 0.25) is 0 Å². The lowest BCUT2D eigenvalue weighted by atomic mass is 10.0. The number of carbonyl (C=O) groups is 2. The molecule has 0 atom stereocenters. The van der Waals surface area contributed by atoms with Crippen LogP contribution in [-0.2, 0) is 35.2 Å². The van der Waals surface area contributed by atoms with Gasteiger partial charge in [0.05, 0.1) is 17.8 Å². The highest BCUT2D eigenvalue weighted by Crippen LogP contribution is 2.35. The van der Waals surface area contributed by atoms with Crippen molar-refractivity contribution in [1.82, 2.24) is 5.01 Å². The van der Waals surface area contributed by atoms with Gasteiger partial charge < -0.3 is 5.32 Å². The standard InChI is InChI=1S/C19H20F3N3O2.ClH/c1-13(27)24-18-9-8-15(10-17(18)19(20,21)22)5-2-14-3-6-16(7-4-14)11-25(23)12-26;/h3-4,6-10,12H,2,5,11,23H2,1H3,(H,24,27);1H. The fourth-order valence-electron chi connectivity index (χ4n) is 2.63. The average Bonchev–Trinajstić information content (AvgIpc) is 2.60. The number of anilines is 1. The summed E-state index contributed by atoms with van der Waals surface area (Å²) in [5, 5.41) is 3.23.